The van der Waals surface area contributed by atoms with Crippen molar-refractivity contribution in [2.75, 3.05) is 26.2 Å². The lowest BCUT2D eigenvalue weighted by molar-refractivity contribution is 0.0615. The molecule has 4 rings (SSSR count). The number of amides is 1. The molecule has 1 aliphatic rings. The summed E-state index contributed by atoms with van der Waals surface area (Å²) in [6.45, 7) is 5.45. The molecule has 0 atom stereocenters. The van der Waals surface area contributed by atoms with Crippen molar-refractivity contribution in [3.8, 4) is 11.4 Å². The number of nitrogens with zero attached hydrogens (tertiary/aromatic N) is 4. The van der Waals surface area contributed by atoms with E-state index in [0.29, 0.717) is 41.9 Å². The summed E-state index contributed by atoms with van der Waals surface area (Å²) in [5.41, 5.74) is 2.73. The standard InChI is InChI=1S/C21H21ClN4O2/c1-15-4-2-5-16(12-15)20-23-19(28-24-20)14-25-8-10-26(11-9-25)21(27)17-6-3-7-18(22)13-17/h2-7,12-13H,8-11,14H2,1H3. The molecule has 0 N–H and O–H groups in total. The van der Waals surface area contributed by atoms with Crippen LogP contribution in [0.1, 0.15) is 21.8 Å². The molecule has 1 aromatic heterocycles. The first-order chi connectivity index (χ1) is 13.6. The molecule has 7 heteroatoms. The molecule has 1 fully saturated rings. The number of hydrogen-bond donors (Lipinski definition) is 0. The van der Waals surface area contributed by atoms with Gasteiger partial charge >= 0.3 is 0 Å². The van der Waals surface area contributed by atoms with Crippen molar-refractivity contribution in [2.24, 2.45) is 0 Å². The molecule has 0 aliphatic carbocycles. The van der Waals surface area contributed by atoms with Gasteiger partial charge in [-0.2, -0.15) is 4.98 Å². The van der Waals surface area contributed by atoms with E-state index in [2.05, 4.69) is 15.0 Å². The molecule has 0 spiro atoms. The summed E-state index contributed by atoms with van der Waals surface area (Å²) in [7, 11) is 0. The van der Waals surface area contributed by atoms with Crippen LogP contribution in [-0.4, -0.2) is 52.0 Å². The first-order valence-electron chi connectivity index (χ1n) is 9.25. The zero-order chi connectivity index (χ0) is 19.5. The minimum atomic E-state index is 0.0154. The maximum atomic E-state index is 12.6. The van der Waals surface area contributed by atoms with Crippen molar-refractivity contribution >= 4 is 17.5 Å². The fraction of sp³-hybridized carbons (Fsp3) is 0.286. The van der Waals surface area contributed by atoms with E-state index < -0.39 is 0 Å². The Morgan fingerprint density at radius 2 is 1.89 bits per heavy atom. The van der Waals surface area contributed by atoms with Gasteiger partial charge in [0.2, 0.25) is 11.7 Å². The Kier molecular flexibility index (Phi) is 5.41. The van der Waals surface area contributed by atoms with E-state index in [1.807, 2.05) is 36.1 Å². The number of carbonyl (C=O) groups is 1. The summed E-state index contributed by atoms with van der Waals surface area (Å²) in [5, 5.41) is 4.67. The highest BCUT2D eigenvalue weighted by Gasteiger charge is 2.23. The van der Waals surface area contributed by atoms with Crippen LogP contribution in [0.3, 0.4) is 0 Å². The molecular weight excluding hydrogens is 376 g/mol. The van der Waals surface area contributed by atoms with Crippen LogP contribution in [0.2, 0.25) is 5.02 Å². The average Bonchev–Trinajstić information content (AvgIpc) is 3.17. The molecule has 0 unspecified atom stereocenters. The molecule has 1 aliphatic heterocycles. The van der Waals surface area contributed by atoms with Gasteiger partial charge in [0.05, 0.1) is 6.54 Å². The molecule has 2 aromatic carbocycles. The lowest BCUT2D eigenvalue weighted by atomic mass is 10.1. The van der Waals surface area contributed by atoms with Gasteiger partial charge in [-0.25, -0.2) is 0 Å². The van der Waals surface area contributed by atoms with Gasteiger partial charge < -0.3 is 9.42 Å². The predicted octanol–water partition coefficient (Wildman–Crippen LogP) is 3.66. The Bertz CT molecular complexity index is 980. The zero-order valence-corrected chi connectivity index (χ0v) is 16.4. The fourth-order valence-corrected chi connectivity index (χ4v) is 3.52. The van der Waals surface area contributed by atoms with Crippen LogP contribution in [-0.2, 0) is 6.54 Å². The third kappa shape index (κ3) is 4.24. The highest BCUT2D eigenvalue weighted by molar-refractivity contribution is 6.30. The molecule has 1 amide bonds. The largest absolute Gasteiger partial charge is 0.338 e. The first kappa shape index (κ1) is 18.7. The smallest absolute Gasteiger partial charge is 0.253 e. The third-order valence-corrected chi connectivity index (χ3v) is 5.07. The number of aromatic nitrogens is 2. The van der Waals surface area contributed by atoms with Crippen LogP contribution in [0.5, 0.6) is 0 Å². The molecule has 144 valence electrons. The second-order valence-electron chi connectivity index (χ2n) is 6.96. The maximum Gasteiger partial charge on any atom is 0.253 e. The fourth-order valence-electron chi connectivity index (χ4n) is 3.32. The van der Waals surface area contributed by atoms with Crippen LogP contribution < -0.4 is 0 Å². The minimum absolute atomic E-state index is 0.0154. The second kappa shape index (κ2) is 8.12. The molecule has 2 heterocycles. The lowest BCUT2D eigenvalue weighted by Gasteiger charge is -2.34. The zero-order valence-electron chi connectivity index (χ0n) is 15.6. The van der Waals surface area contributed by atoms with Crippen molar-refractivity contribution in [3.63, 3.8) is 0 Å². The van der Waals surface area contributed by atoms with Gasteiger partial charge in [0.25, 0.3) is 5.91 Å². The highest BCUT2D eigenvalue weighted by Crippen LogP contribution is 2.18. The molecule has 1 saturated heterocycles. The molecular formula is C21H21ClN4O2. The van der Waals surface area contributed by atoms with E-state index >= 15 is 0 Å². The Hall–Kier alpha value is -2.70. The van der Waals surface area contributed by atoms with E-state index in [4.69, 9.17) is 16.1 Å². The van der Waals surface area contributed by atoms with E-state index in [-0.39, 0.29) is 5.91 Å². The number of benzene rings is 2. The topological polar surface area (TPSA) is 62.5 Å². The van der Waals surface area contributed by atoms with E-state index in [1.54, 1.807) is 24.3 Å². The molecule has 0 bridgehead atoms. The number of aryl methyl sites for hydroxylation is 1. The van der Waals surface area contributed by atoms with Gasteiger partial charge in [0.1, 0.15) is 0 Å². The van der Waals surface area contributed by atoms with Gasteiger partial charge in [0, 0.05) is 42.3 Å². The van der Waals surface area contributed by atoms with Crippen molar-refractivity contribution in [3.05, 3.63) is 70.6 Å². The highest BCUT2D eigenvalue weighted by atomic mass is 35.5. The van der Waals surface area contributed by atoms with Crippen molar-refractivity contribution < 1.29 is 9.32 Å². The van der Waals surface area contributed by atoms with Crippen LogP contribution in [0.15, 0.2) is 53.1 Å². The average molecular weight is 397 g/mol. The van der Waals surface area contributed by atoms with E-state index in [0.717, 1.165) is 24.2 Å². The SMILES string of the molecule is Cc1cccc(-c2noc(CN3CCN(C(=O)c4cccc(Cl)c4)CC3)n2)c1. The van der Waals surface area contributed by atoms with Crippen molar-refractivity contribution in [1.82, 2.24) is 19.9 Å². The molecule has 0 radical (unpaired) electrons. The van der Waals surface area contributed by atoms with Gasteiger partial charge in [-0.15, -0.1) is 0 Å². The summed E-state index contributed by atoms with van der Waals surface area (Å²) in [6.07, 6.45) is 0. The molecule has 0 saturated carbocycles. The van der Waals surface area contributed by atoms with Crippen LogP contribution in [0, 0.1) is 6.92 Å². The summed E-state index contributed by atoms with van der Waals surface area (Å²) in [5.74, 6) is 1.21. The normalized spacial score (nSPS) is 15.0. The van der Waals surface area contributed by atoms with E-state index in [1.165, 1.54) is 0 Å². The maximum absolute atomic E-state index is 12.6. The van der Waals surface area contributed by atoms with Crippen LogP contribution in [0.4, 0.5) is 0 Å². The monoisotopic (exact) mass is 396 g/mol. The molecule has 6 nitrogen and oxygen atoms in total. The summed E-state index contributed by atoms with van der Waals surface area (Å²) < 4.78 is 5.42. The van der Waals surface area contributed by atoms with Gasteiger partial charge in [-0.05, 0) is 31.2 Å². The van der Waals surface area contributed by atoms with Crippen molar-refractivity contribution in [2.45, 2.75) is 13.5 Å². The number of rotatable bonds is 4. The third-order valence-electron chi connectivity index (χ3n) is 4.83. The number of hydrogen-bond acceptors (Lipinski definition) is 5. The van der Waals surface area contributed by atoms with Gasteiger partial charge in [0.15, 0.2) is 0 Å². The van der Waals surface area contributed by atoms with Crippen LogP contribution >= 0.6 is 11.6 Å². The van der Waals surface area contributed by atoms with Gasteiger partial charge in [-0.3, -0.25) is 9.69 Å². The minimum Gasteiger partial charge on any atom is -0.338 e. The predicted molar refractivity (Wildman–Crippen MR) is 107 cm³/mol. The molecule has 3 aromatic rings. The second-order valence-corrected chi connectivity index (χ2v) is 7.40. The molecule has 28 heavy (non-hydrogen) atoms. The number of carbonyl (C=O) groups excluding carboxylic acids is 1. The van der Waals surface area contributed by atoms with E-state index in [9.17, 15) is 4.79 Å². The summed E-state index contributed by atoms with van der Waals surface area (Å²) in [4.78, 5) is 21.2. The van der Waals surface area contributed by atoms with Gasteiger partial charge in [-0.1, -0.05) is 46.6 Å². The number of piperazine rings is 1. The lowest BCUT2D eigenvalue weighted by Crippen LogP contribution is -2.48. The summed E-state index contributed by atoms with van der Waals surface area (Å²) in [6, 6.07) is 15.1. The quantitative estimate of drug-likeness (QED) is 0.673. The number of halogens is 1. The Balaban J connectivity index is 1.34. The Morgan fingerprint density at radius 3 is 2.64 bits per heavy atom. The summed E-state index contributed by atoms with van der Waals surface area (Å²) >= 11 is 5.99. The van der Waals surface area contributed by atoms with Crippen molar-refractivity contribution in [1.29, 1.82) is 0 Å². The Morgan fingerprint density at radius 1 is 1.11 bits per heavy atom. The van der Waals surface area contributed by atoms with Crippen LogP contribution in [0.25, 0.3) is 11.4 Å². The first-order valence-corrected chi connectivity index (χ1v) is 9.63. The Labute approximate surface area is 168 Å².